The smallest absolute Gasteiger partial charge is 0.430 e. The summed E-state index contributed by atoms with van der Waals surface area (Å²) in [7, 11) is 0. The van der Waals surface area contributed by atoms with Gasteiger partial charge in [0.1, 0.15) is 17.4 Å². The van der Waals surface area contributed by atoms with Crippen molar-refractivity contribution >= 4 is 0 Å². The molecule has 154 valence electrons. The Bertz CT molecular complexity index is 790. The molecule has 1 aromatic carbocycles. The second-order valence-electron chi connectivity index (χ2n) is 6.46. The van der Waals surface area contributed by atoms with E-state index < -0.39 is 24.2 Å². The first-order chi connectivity index (χ1) is 13.2. The van der Waals surface area contributed by atoms with Gasteiger partial charge in [0.25, 0.3) is 6.17 Å². The van der Waals surface area contributed by atoms with E-state index in [2.05, 4.69) is 24.8 Å². The Morgan fingerprint density at radius 2 is 1.75 bits per heavy atom. The number of hydrogen-bond donors (Lipinski definition) is 1. The second kappa shape index (κ2) is 7.98. The zero-order chi connectivity index (χ0) is 20.4. The van der Waals surface area contributed by atoms with Gasteiger partial charge in [-0.3, -0.25) is 0 Å². The largest absolute Gasteiger partial charge is 0.439 e. The van der Waals surface area contributed by atoms with E-state index in [1.807, 2.05) is 0 Å². The van der Waals surface area contributed by atoms with Crippen LogP contribution in [0.5, 0.6) is 5.75 Å². The number of alkyl halides is 6. The predicted molar refractivity (Wildman–Crippen MR) is 86.5 cm³/mol. The van der Waals surface area contributed by atoms with Crippen LogP contribution in [-0.2, 0) is 26.1 Å². The van der Waals surface area contributed by atoms with Crippen LogP contribution in [0, 0.1) is 0 Å². The van der Waals surface area contributed by atoms with Crippen LogP contribution in [0.15, 0.2) is 24.3 Å². The molecule has 0 unspecified atom stereocenters. The molecule has 0 amide bonds. The number of aromatic nitrogens is 3. The molecule has 5 nitrogen and oxygen atoms in total. The highest BCUT2D eigenvalue weighted by molar-refractivity contribution is 5.27. The number of aryl methyl sites for hydroxylation is 1. The van der Waals surface area contributed by atoms with Crippen molar-refractivity contribution in [2.24, 2.45) is 0 Å². The van der Waals surface area contributed by atoms with Crippen molar-refractivity contribution in [1.29, 1.82) is 0 Å². The molecule has 1 aromatic heterocycles. The number of fused-ring (bicyclic) bond motifs is 1. The number of ether oxygens (including phenoxy) is 1. The Labute approximate surface area is 156 Å². The molecule has 1 aliphatic rings. The maximum atomic E-state index is 13.3. The molecular formula is C17H18F6N4O. The lowest BCUT2D eigenvalue weighted by Gasteiger charge is -2.23. The van der Waals surface area contributed by atoms with Crippen molar-refractivity contribution in [3.8, 4) is 5.75 Å². The molecule has 1 atom stereocenters. The Kier molecular flexibility index (Phi) is 5.82. The van der Waals surface area contributed by atoms with Crippen molar-refractivity contribution in [1.82, 2.24) is 20.1 Å². The number of benzene rings is 1. The van der Waals surface area contributed by atoms with Crippen molar-refractivity contribution in [2.75, 3.05) is 0 Å². The molecule has 11 heteroatoms. The third kappa shape index (κ3) is 4.75. The first kappa shape index (κ1) is 20.4. The lowest BCUT2D eigenvalue weighted by atomic mass is 10.1. The highest BCUT2D eigenvalue weighted by Crippen LogP contribution is 2.36. The summed E-state index contributed by atoms with van der Waals surface area (Å²) in [4.78, 5) is 0. The fraction of sp³-hybridized carbons (Fsp3) is 0.529. The zero-order valence-corrected chi connectivity index (χ0v) is 14.6. The molecule has 3 rings (SSSR count). The summed E-state index contributed by atoms with van der Waals surface area (Å²) in [5, 5.41) is 11.4. The van der Waals surface area contributed by atoms with Gasteiger partial charge in [-0.2, -0.15) is 22.0 Å². The fourth-order valence-corrected chi connectivity index (χ4v) is 2.89. The van der Waals surface area contributed by atoms with E-state index >= 15 is 0 Å². The number of hydrogen-bond acceptors (Lipinski definition) is 4. The summed E-state index contributed by atoms with van der Waals surface area (Å²) in [6.07, 6.45) is -12.1. The second-order valence-corrected chi connectivity index (χ2v) is 6.46. The molecule has 0 spiro atoms. The molecule has 1 aliphatic heterocycles. The summed E-state index contributed by atoms with van der Waals surface area (Å²) in [5.74, 6) is 1.19. The van der Waals surface area contributed by atoms with E-state index in [0.29, 0.717) is 18.7 Å². The van der Waals surface area contributed by atoms with Crippen molar-refractivity contribution in [2.45, 2.75) is 57.4 Å². The van der Waals surface area contributed by atoms with E-state index in [-0.39, 0.29) is 0 Å². The first-order valence-electron chi connectivity index (χ1n) is 8.65. The van der Waals surface area contributed by atoms with Crippen LogP contribution in [0.2, 0.25) is 0 Å². The zero-order valence-electron chi connectivity index (χ0n) is 14.6. The predicted octanol–water partition coefficient (Wildman–Crippen LogP) is 3.78. The first-order valence-corrected chi connectivity index (χ1v) is 8.65. The van der Waals surface area contributed by atoms with Gasteiger partial charge in [0.05, 0.1) is 6.54 Å². The van der Waals surface area contributed by atoms with Gasteiger partial charge in [-0.05, 0) is 30.5 Å². The molecule has 0 aliphatic carbocycles. The van der Waals surface area contributed by atoms with Crippen LogP contribution in [0.25, 0.3) is 0 Å². The third-order valence-corrected chi connectivity index (χ3v) is 4.31. The Balaban J connectivity index is 1.53. The molecule has 0 bridgehead atoms. The summed E-state index contributed by atoms with van der Waals surface area (Å²) >= 11 is 0. The summed E-state index contributed by atoms with van der Waals surface area (Å²) in [6, 6.07) is 4.93. The average Bonchev–Trinajstić information content (AvgIpc) is 3.05. The van der Waals surface area contributed by atoms with E-state index in [1.165, 1.54) is 12.1 Å². The van der Waals surface area contributed by atoms with Crippen LogP contribution >= 0.6 is 0 Å². The molecular weight excluding hydrogens is 390 g/mol. The third-order valence-electron chi connectivity index (χ3n) is 4.31. The van der Waals surface area contributed by atoms with E-state index in [9.17, 15) is 26.3 Å². The molecule has 0 saturated heterocycles. The minimum atomic E-state index is -5.71. The van der Waals surface area contributed by atoms with Gasteiger partial charge in [0.15, 0.2) is 0 Å². The minimum absolute atomic E-state index is 0.368. The average molecular weight is 408 g/mol. The number of nitrogens with zero attached hydrogens (tertiary/aromatic N) is 3. The summed E-state index contributed by atoms with van der Waals surface area (Å²) in [5.41, 5.74) is 0.682. The van der Waals surface area contributed by atoms with E-state index in [1.54, 1.807) is 0 Å². The van der Waals surface area contributed by atoms with Crippen LogP contribution in [0.1, 0.15) is 30.1 Å². The van der Waals surface area contributed by atoms with Gasteiger partial charge in [0.2, 0.25) is 0 Å². The molecule has 2 heterocycles. The monoisotopic (exact) mass is 408 g/mol. The molecule has 1 N–H and O–H groups in total. The van der Waals surface area contributed by atoms with Crippen LogP contribution < -0.4 is 10.1 Å². The van der Waals surface area contributed by atoms with Crippen LogP contribution in [0.4, 0.5) is 26.3 Å². The van der Waals surface area contributed by atoms with Gasteiger partial charge in [0, 0.05) is 19.5 Å². The van der Waals surface area contributed by atoms with Crippen LogP contribution in [0.3, 0.4) is 0 Å². The Morgan fingerprint density at radius 3 is 2.43 bits per heavy atom. The Morgan fingerprint density at radius 1 is 1.04 bits per heavy atom. The summed E-state index contributed by atoms with van der Waals surface area (Å²) in [6.45, 7) is 1.69. The van der Waals surface area contributed by atoms with Crippen LogP contribution in [-0.4, -0.2) is 33.2 Å². The molecule has 2 aromatic rings. The van der Waals surface area contributed by atoms with Crippen molar-refractivity contribution in [3.05, 3.63) is 41.5 Å². The van der Waals surface area contributed by atoms with E-state index in [4.69, 9.17) is 0 Å². The van der Waals surface area contributed by atoms with Gasteiger partial charge < -0.3 is 14.6 Å². The maximum Gasteiger partial charge on any atom is 0.439 e. The lowest BCUT2D eigenvalue weighted by molar-refractivity contribution is -0.304. The number of halogens is 6. The molecule has 0 fully saturated rings. The number of nitrogens with one attached hydrogen (secondary N) is 1. The standard InChI is InChI=1S/C17H18F6N4O/c18-15(16(19,20)21)17(22,23)28-12-6-4-11(5-7-12)9-24-10-14-26-25-13-3-1-2-8-27(13)14/h4-7,15,24H,1-3,8-10H2/t15-/m0/s1. The Hall–Kier alpha value is -2.30. The molecule has 28 heavy (non-hydrogen) atoms. The maximum absolute atomic E-state index is 13.3. The van der Waals surface area contributed by atoms with Gasteiger partial charge in [-0.1, -0.05) is 12.1 Å². The van der Waals surface area contributed by atoms with Gasteiger partial charge >= 0.3 is 12.3 Å². The highest BCUT2D eigenvalue weighted by Gasteiger charge is 2.59. The SMILES string of the molecule is F[C@@H](C(F)(F)F)C(F)(F)Oc1ccc(CNCc2nnc3n2CCCC3)cc1. The number of rotatable bonds is 7. The van der Waals surface area contributed by atoms with Crippen molar-refractivity contribution < 1.29 is 31.1 Å². The lowest BCUT2D eigenvalue weighted by Crippen LogP contribution is -2.45. The highest BCUT2D eigenvalue weighted by atomic mass is 19.4. The quantitative estimate of drug-likeness (QED) is 0.709. The molecule has 0 saturated carbocycles. The molecule has 0 radical (unpaired) electrons. The normalized spacial score (nSPS) is 15.9. The van der Waals surface area contributed by atoms with Crippen molar-refractivity contribution in [3.63, 3.8) is 0 Å². The fourth-order valence-electron chi connectivity index (χ4n) is 2.89. The minimum Gasteiger partial charge on any atom is -0.430 e. The summed E-state index contributed by atoms with van der Waals surface area (Å²) < 4.78 is 81.7. The topological polar surface area (TPSA) is 52.0 Å². The van der Waals surface area contributed by atoms with Gasteiger partial charge in [-0.25, -0.2) is 4.39 Å². The van der Waals surface area contributed by atoms with Gasteiger partial charge in [-0.15, -0.1) is 10.2 Å². The van der Waals surface area contributed by atoms with E-state index in [0.717, 1.165) is 49.6 Å².